The second-order valence-electron chi connectivity index (χ2n) is 5.33. The van der Waals surface area contributed by atoms with Crippen molar-refractivity contribution in [2.24, 2.45) is 0 Å². The number of benzene rings is 1. The minimum Gasteiger partial charge on any atom is -0.350 e. The standard InChI is InChI=1S/C16H16ClN5OS2/c1-10-3-4-12(5-14(10)17)22-9-20-21-16(22)24-8-15(23)19-7-13-6-18-11(2)25-13/h3-6,9H,7-8H2,1-2H3,(H,19,23). The molecular weight excluding hydrogens is 378 g/mol. The molecule has 2 heterocycles. The van der Waals surface area contributed by atoms with Crippen LogP contribution in [0.1, 0.15) is 15.4 Å². The summed E-state index contributed by atoms with van der Waals surface area (Å²) in [6.45, 7) is 4.38. The molecule has 0 unspecified atom stereocenters. The smallest absolute Gasteiger partial charge is 0.230 e. The van der Waals surface area contributed by atoms with Gasteiger partial charge in [0.1, 0.15) is 6.33 Å². The summed E-state index contributed by atoms with van der Waals surface area (Å²) in [7, 11) is 0. The van der Waals surface area contributed by atoms with Crippen molar-refractivity contribution in [1.82, 2.24) is 25.1 Å². The lowest BCUT2D eigenvalue weighted by Crippen LogP contribution is -2.24. The molecule has 0 bridgehead atoms. The quantitative estimate of drug-likeness (QED) is 0.650. The van der Waals surface area contributed by atoms with Crippen molar-refractivity contribution >= 4 is 40.6 Å². The highest BCUT2D eigenvalue weighted by Crippen LogP contribution is 2.23. The van der Waals surface area contributed by atoms with E-state index in [9.17, 15) is 4.79 Å². The number of amides is 1. The molecule has 130 valence electrons. The van der Waals surface area contributed by atoms with Gasteiger partial charge in [0.2, 0.25) is 5.91 Å². The molecule has 0 aliphatic heterocycles. The average molecular weight is 394 g/mol. The number of hydrogen-bond acceptors (Lipinski definition) is 6. The van der Waals surface area contributed by atoms with Crippen LogP contribution in [0.3, 0.4) is 0 Å². The number of hydrogen-bond donors (Lipinski definition) is 1. The van der Waals surface area contributed by atoms with Crippen molar-refractivity contribution in [2.75, 3.05) is 5.75 Å². The van der Waals surface area contributed by atoms with Gasteiger partial charge in [0.25, 0.3) is 0 Å². The van der Waals surface area contributed by atoms with Crippen LogP contribution in [0.15, 0.2) is 35.9 Å². The fourth-order valence-corrected chi connectivity index (χ4v) is 3.75. The Morgan fingerprint density at radius 1 is 1.40 bits per heavy atom. The number of rotatable bonds is 6. The van der Waals surface area contributed by atoms with Crippen LogP contribution in [0.25, 0.3) is 5.69 Å². The lowest BCUT2D eigenvalue weighted by Gasteiger charge is -2.08. The Kier molecular flexibility index (Phi) is 5.72. The molecule has 0 fully saturated rings. The lowest BCUT2D eigenvalue weighted by atomic mass is 10.2. The van der Waals surface area contributed by atoms with E-state index in [-0.39, 0.29) is 11.7 Å². The van der Waals surface area contributed by atoms with Crippen molar-refractivity contribution in [3.8, 4) is 5.69 Å². The fraction of sp³-hybridized carbons (Fsp3) is 0.250. The highest BCUT2D eigenvalue weighted by molar-refractivity contribution is 7.99. The summed E-state index contributed by atoms with van der Waals surface area (Å²) in [6, 6.07) is 5.74. The Bertz CT molecular complexity index is 892. The first-order valence-corrected chi connectivity index (χ1v) is 9.68. The highest BCUT2D eigenvalue weighted by Gasteiger charge is 2.11. The van der Waals surface area contributed by atoms with E-state index in [0.29, 0.717) is 16.7 Å². The van der Waals surface area contributed by atoms with Crippen LogP contribution >= 0.6 is 34.7 Å². The van der Waals surface area contributed by atoms with Crippen molar-refractivity contribution in [1.29, 1.82) is 0 Å². The van der Waals surface area contributed by atoms with Crippen LogP contribution in [-0.2, 0) is 11.3 Å². The molecule has 9 heteroatoms. The Morgan fingerprint density at radius 3 is 2.96 bits per heavy atom. The Hall–Kier alpha value is -1.90. The van der Waals surface area contributed by atoms with Gasteiger partial charge in [-0.15, -0.1) is 21.5 Å². The van der Waals surface area contributed by atoms with Gasteiger partial charge in [-0.25, -0.2) is 4.98 Å². The summed E-state index contributed by atoms with van der Waals surface area (Å²) >= 11 is 9.09. The number of carbonyl (C=O) groups excluding carboxylic acids is 1. The van der Waals surface area contributed by atoms with E-state index in [1.54, 1.807) is 23.9 Å². The second kappa shape index (κ2) is 7.99. The van der Waals surface area contributed by atoms with Gasteiger partial charge >= 0.3 is 0 Å². The minimum absolute atomic E-state index is 0.0625. The molecule has 3 aromatic rings. The van der Waals surface area contributed by atoms with Gasteiger partial charge in [-0.3, -0.25) is 9.36 Å². The topological polar surface area (TPSA) is 72.7 Å². The number of nitrogens with zero attached hydrogens (tertiary/aromatic N) is 4. The first kappa shape index (κ1) is 17.9. The van der Waals surface area contributed by atoms with Gasteiger partial charge in [-0.2, -0.15) is 0 Å². The first-order valence-electron chi connectivity index (χ1n) is 7.50. The summed E-state index contributed by atoms with van der Waals surface area (Å²) in [5.41, 5.74) is 1.87. The molecule has 6 nitrogen and oxygen atoms in total. The summed E-state index contributed by atoms with van der Waals surface area (Å²) in [5, 5.41) is 13.2. The van der Waals surface area contributed by atoms with Crippen molar-refractivity contribution in [2.45, 2.75) is 25.5 Å². The molecule has 0 atom stereocenters. The third-order valence-electron chi connectivity index (χ3n) is 3.41. The molecule has 3 rings (SSSR count). The molecule has 0 saturated heterocycles. The molecule has 0 saturated carbocycles. The van der Waals surface area contributed by atoms with Gasteiger partial charge in [-0.05, 0) is 31.5 Å². The Balaban J connectivity index is 1.59. The van der Waals surface area contributed by atoms with E-state index in [0.717, 1.165) is 21.1 Å². The van der Waals surface area contributed by atoms with Crippen LogP contribution in [0.4, 0.5) is 0 Å². The molecule has 0 aliphatic carbocycles. The third-order valence-corrected chi connectivity index (χ3v) is 5.67. The number of halogens is 1. The number of aryl methyl sites for hydroxylation is 2. The van der Waals surface area contributed by atoms with Gasteiger partial charge in [0, 0.05) is 16.1 Å². The Labute approximate surface area is 158 Å². The van der Waals surface area contributed by atoms with Gasteiger partial charge < -0.3 is 5.32 Å². The minimum atomic E-state index is -0.0625. The van der Waals surface area contributed by atoms with E-state index >= 15 is 0 Å². The summed E-state index contributed by atoms with van der Waals surface area (Å²) in [5.74, 6) is 0.198. The molecule has 25 heavy (non-hydrogen) atoms. The van der Waals surface area contributed by atoms with E-state index in [1.165, 1.54) is 11.8 Å². The zero-order valence-electron chi connectivity index (χ0n) is 13.7. The van der Waals surface area contributed by atoms with Crippen LogP contribution in [0.2, 0.25) is 5.02 Å². The molecule has 1 aromatic carbocycles. The monoisotopic (exact) mass is 393 g/mol. The van der Waals surface area contributed by atoms with E-state index in [1.807, 2.05) is 36.6 Å². The number of thioether (sulfide) groups is 1. The summed E-state index contributed by atoms with van der Waals surface area (Å²) in [4.78, 5) is 17.2. The van der Waals surface area contributed by atoms with Crippen LogP contribution in [0.5, 0.6) is 0 Å². The van der Waals surface area contributed by atoms with E-state index in [4.69, 9.17) is 11.6 Å². The van der Waals surface area contributed by atoms with Crippen LogP contribution < -0.4 is 5.32 Å². The first-order chi connectivity index (χ1) is 12.0. The lowest BCUT2D eigenvalue weighted by molar-refractivity contribution is -0.118. The largest absolute Gasteiger partial charge is 0.350 e. The average Bonchev–Trinajstić information content (AvgIpc) is 3.22. The number of nitrogens with one attached hydrogen (secondary N) is 1. The maximum Gasteiger partial charge on any atom is 0.230 e. The summed E-state index contributed by atoms with van der Waals surface area (Å²) < 4.78 is 1.82. The molecule has 0 aliphatic rings. The zero-order valence-corrected chi connectivity index (χ0v) is 16.1. The number of aromatic nitrogens is 4. The molecular formula is C16H16ClN5OS2. The normalized spacial score (nSPS) is 10.8. The Morgan fingerprint density at radius 2 is 2.24 bits per heavy atom. The maximum atomic E-state index is 12.0. The van der Waals surface area contributed by atoms with Crippen LogP contribution in [0, 0.1) is 13.8 Å². The van der Waals surface area contributed by atoms with Gasteiger partial charge in [0.05, 0.1) is 23.0 Å². The molecule has 0 radical (unpaired) electrons. The maximum absolute atomic E-state index is 12.0. The second-order valence-corrected chi connectivity index (χ2v) is 8.00. The fourth-order valence-electron chi connectivity index (χ4n) is 2.09. The molecule has 2 aromatic heterocycles. The number of thiazole rings is 1. The van der Waals surface area contributed by atoms with Crippen molar-refractivity contribution in [3.63, 3.8) is 0 Å². The predicted molar refractivity (Wildman–Crippen MR) is 101 cm³/mol. The zero-order chi connectivity index (χ0) is 17.8. The highest BCUT2D eigenvalue weighted by atomic mass is 35.5. The van der Waals surface area contributed by atoms with Crippen molar-refractivity contribution in [3.05, 3.63) is 51.2 Å². The molecule has 1 N–H and O–H groups in total. The number of carbonyl (C=O) groups is 1. The molecule has 0 spiro atoms. The van der Waals surface area contributed by atoms with E-state index < -0.39 is 0 Å². The third kappa shape index (κ3) is 4.59. The van der Waals surface area contributed by atoms with E-state index in [2.05, 4.69) is 20.5 Å². The van der Waals surface area contributed by atoms with Crippen LogP contribution in [-0.4, -0.2) is 31.4 Å². The summed E-state index contributed by atoms with van der Waals surface area (Å²) in [6.07, 6.45) is 3.40. The van der Waals surface area contributed by atoms with Gasteiger partial charge in [-0.1, -0.05) is 29.4 Å². The van der Waals surface area contributed by atoms with Gasteiger partial charge in [0.15, 0.2) is 5.16 Å². The molecule has 1 amide bonds. The SMILES string of the molecule is Cc1ncc(CNC(=O)CSc2nncn2-c2ccc(C)c(Cl)c2)s1. The predicted octanol–water partition coefficient (Wildman–Crippen LogP) is 3.40. The van der Waals surface area contributed by atoms with Crippen molar-refractivity contribution < 1.29 is 4.79 Å².